The second-order valence-electron chi connectivity index (χ2n) is 3.60. The van der Waals surface area contributed by atoms with Gasteiger partial charge in [0.15, 0.2) is 0 Å². The summed E-state index contributed by atoms with van der Waals surface area (Å²) in [5.41, 5.74) is 3.75. The molecule has 1 heteroatoms. The number of hydrogen-bond acceptors (Lipinski definition) is 1. The molecule has 0 aliphatic rings. The number of hydrogen-bond donors (Lipinski definition) is 0. The number of methoxy groups -OCH3 is 1. The molecule has 2 rings (SSSR count). The molecule has 0 atom stereocenters. The van der Waals surface area contributed by atoms with Crippen molar-refractivity contribution < 1.29 is 4.74 Å². The van der Waals surface area contributed by atoms with Gasteiger partial charge in [0.25, 0.3) is 0 Å². The zero-order valence-electron chi connectivity index (χ0n) is 11.0. The standard InChI is InChI=1S/C14H14O.C2H6/c1-11-4-3-5-13(10-11)12-6-8-14(15-2)9-7-12;1-2/h3-10H,1-2H3;1-2H3. The van der Waals surface area contributed by atoms with Gasteiger partial charge in [0, 0.05) is 0 Å². The third kappa shape index (κ3) is 3.63. The number of aryl methyl sites for hydroxylation is 1. The van der Waals surface area contributed by atoms with E-state index in [1.165, 1.54) is 16.7 Å². The molecule has 1 nitrogen and oxygen atoms in total. The van der Waals surface area contributed by atoms with Gasteiger partial charge in [-0.3, -0.25) is 0 Å². The molecular formula is C16H20O. The van der Waals surface area contributed by atoms with Crippen LogP contribution in [0.3, 0.4) is 0 Å². The van der Waals surface area contributed by atoms with Gasteiger partial charge in [0.2, 0.25) is 0 Å². The minimum absolute atomic E-state index is 0.895. The Kier molecular flexibility index (Phi) is 5.28. The van der Waals surface area contributed by atoms with Crippen LogP contribution in [0.15, 0.2) is 48.5 Å². The Labute approximate surface area is 104 Å². The van der Waals surface area contributed by atoms with E-state index in [1.54, 1.807) is 7.11 Å². The van der Waals surface area contributed by atoms with Gasteiger partial charge in [-0.05, 0) is 30.2 Å². The molecule has 0 aliphatic carbocycles. The topological polar surface area (TPSA) is 9.23 Å². The summed E-state index contributed by atoms with van der Waals surface area (Å²) >= 11 is 0. The van der Waals surface area contributed by atoms with Crippen LogP contribution in [0.25, 0.3) is 11.1 Å². The smallest absolute Gasteiger partial charge is 0.118 e. The van der Waals surface area contributed by atoms with E-state index in [2.05, 4.69) is 43.3 Å². The van der Waals surface area contributed by atoms with Gasteiger partial charge in [-0.25, -0.2) is 0 Å². The largest absolute Gasteiger partial charge is 0.497 e. The predicted octanol–water partition coefficient (Wildman–Crippen LogP) is 4.70. The van der Waals surface area contributed by atoms with Crippen LogP contribution in [0, 0.1) is 6.92 Å². The van der Waals surface area contributed by atoms with E-state index in [0.717, 1.165) is 5.75 Å². The van der Waals surface area contributed by atoms with Gasteiger partial charge in [0.1, 0.15) is 5.75 Å². The van der Waals surface area contributed by atoms with Crippen molar-refractivity contribution in [3.05, 3.63) is 54.1 Å². The van der Waals surface area contributed by atoms with Gasteiger partial charge < -0.3 is 4.74 Å². The molecule has 2 aromatic rings. The lowest BCUT2D eigenvalue weighted by Crippen LogP contribution is -1.83. The van der Waals surface area contributed by atoms with Crippen LogP contribution in [-0.2, 0) is 0 Å². The zero-order valence-corrected chi connectivity index (χ0v) is 11.0. The summed E-state index contributed by atoms with van der Waals surface area (Å²) in [6, 6.07) is 16.6. The highest BCUT2D eigenvalue weighted by atomic mass is 16.5. The summed E-state index contributed by atoms with van der Waals surface area (Å²) in [4.78, 5) is 0. The van der Waals surface area contributed by atoms with Crippen LogP contribution in [0.5, 0.6) is 5.75 Å². The monoisotopic (exact) mass is 228 g/mol. The maximum absolute atomic E-state index is 5.13. The highest BCUT2D eigenvalue weighted by molar-refractivity contribution is 5.64. The fourth-order valence-electron chi connectivity index (χ4n) is 1.61. The lowest BCUT2D eigenvalue weighted by molar-refractivity contribution is 0.415. The Balaban J connectivity index is 0.000000686. The number of ether oxygens (including phenoxy) is 1. The molecule has 0 heterocycles. The highest BCUT2D eigenvalue weighted by Gasteiger charge is 1.97. The molecule has 0 fully saturated rings. The number of benzene rings is 2. The van der Waals surface area contributed by atoms with Gasteiger partial charge in [-0.1, -0.05) is 55.8 Å². The van der Waals surface area contributed by atoms with Crippen molar-refractivity contribution in [2.45, 2.75) is 20.8 Å². The van der Waals surface area contributed by atoms with Crippen LogP contribution >= 0.6 is 0 Å². The summed E-state index contributed by atoms with van der Waals surface area (Å²) < 4.78 is 5.13. The second kappa shape index (κ2) is 6.74. The molecule has 0 unspecified atom stereocenters. The zero-order chi connectivity index (χ0) is 12.7. The quantitative estimate of drug-likeness (QED) is 0.724. The maximum atomic E-state index is 5.13. The highest BCUT2D eigenvalue weighted by Crippen LogP contribution is 2.22. The molecular weight excluding hydrogens is 208 g/mol. The second-order valence-corrected chi connectivity index (χ2v) is 3.60. The summed E-state index contributed by atoms with van der Waals surface area (Å²) in [5, 5.41) is 0. The van der Waals surface area contributed by atoms with Gasteiger partial charge in [0.05, 0.1) is 7.11 Å². The molecule has 0 radical (unpaired) electrons. The molecule has 0 saturated heterocycles. The SMILES string of the molecule is CC.COc1ccc(-c2cccc(C)c2)cc1. The predicted molar refractivity (Wildman–Crippen MR) is 74.5 cm³/mol. The Bertz CT molecular complexity index is 443. The minimum Gasteiger partial charge on any atom is -0.497 e. The van der Waals surface area contributed by atoms with E-state index in [1.807, 2.05) is 26.0 Å². The lowest BCUT2D eigenvalue weighted by Gasteiger charge is -2.04. The third-order valence-electron chi connectivity index (χ3n) is 2.44. The summed E-state index contributed by atoms with van der Waals surface area (Å²) in [6.45, 7) is 6.10. The van der Waals surface area contributed by atoms with Crippen molar-refractivity contribution in [2.24, 2.45) is 0 Å². The summed E-state index contributed by atoms with van der Waals surface area (Å²) in [7, 11) is 1.68. The Morgan fingerprint density at radius 3 is 2.00 bits per heavy atom. The van der Waals surface area contributed by atoms with Crippen molar-refractivity contribution in [3.8, 4) is 16.9 Å². The molecule has 2 aromatic carbocycles. The summed E-state index contributed by atoms with van der Waals surface area (Å²) in [5.74, 6) is 0.895. The van der Waals surface area contributed by atoms with Crippen molar-refractivity contribution in [3.63, 3.8) is 0 Å². The first-order valence-electron chi connectivity index (χ1n) is 6.01. The fourth-order valence-corrected chi connectivity index (χ4v) is 1.61. The Hall–Kier alpha value is -1.76. The van der Waals surface area contributed by atoms with Crippen LogP contribution in [0.1, 0.15) is 19.4 Å². The molecule has 0 amide bonds. The average Bonchev–Trinajstić information content (AvgIpc) is 2.41. The number of rotatable bonds is 2. The van der Waals surface area contributed by atoms with E-state index in [0.29, 0.717) is 0 Å². The first-order valence-corrected chi connectivity index (χ1v) is 6.01. The molecule has 0 aliphatic heterocycles. The van der Waals surface area contributed by atoms with Crippen molar-refractivity contribution in [1.82, 2.24) is 0 Å². The molecule has 90 valence electrons. The Morgan fingerprint density at radius 2 is 1.47 bits per heavy atom. The van der Waals surface area contributed by atoms with Crippen molar-refractivity contribution >= 4 is 0 Å². The van der Waals surface area contributed by atoms with E-state index < -0.39 is 0 Å². The molecule has 0 saturated carbocycles. The summed E-state index contributed by atoms with van der Waals surface area (Å²) in [6.07, 6.45) is 0. The Morgan fingerprint density at radius 1 is 0.824 bits per heavy atom. The van der Waals surface area contributed by atoms with E-state index in [4.69, 9.17) is 4.74 Å². The molecule has 0 bridgehead atoms. The minimum atomic E-state index is 0.895. The van der Waals surface area contributed by atoms with E-state index in [-0.39, 0.29) is 0 Å². The normalized spacial score (nSPS) is 9.18. The van der Waals surface area contributed by atoms with Gasteiger partial charge in [-0.2, -0.15) is 0 Å². The fraction of sp³-hybridized carbons (Fsp3) is 0.250. The molecule has 17 heavy (non-hydrogen) atoms. The van der Waals surface area contributed by atoms with Crippen LogP contribution in [-0.4, -0.2) is 7.11 Å². The molecule has 0 aromatic heterocycles. The van der Waals surface area contributed by atoms with Crippen molar-refractivity contribution in [1.29, 1.82) is 0 Å². The van der Waals surface area contributed by atoms with Crippen LogP contribution < -0.4 is 4.74 Å². The van der Waals surface area contributed by atoms with Crippen LogP contribution in [0.2, 0.25) is 0 Å². The molecule has 0 N–H and O–H groups in total. The maximum Gasteiger partial charge on any atom is 0.118 e. The average molecular weight is 228 g/mol. The van der Waals surface area contributed by atoms with Gasteiger partial charge >= 0.3 is 0 Å². The third-order valence-corrected chi connectivity index (χ3v) is 2.44. The van der Waals surface area contributed by atoms with E-state index in [9.17, 15) is 0 Å². The molecule has 0 spiro atoms. The first-order chi connectivity index (χ1) is 8.29. The van der Waals surface area contributed by atoms with Crippen molar-refractivity contribution in [2.75, 3.05) is 7.11 Å². The van der Waals surface area contributed by atoms with E-state index >= 15 is 0 Å². The van der Waals surface area contributed by atoms with Crippen LogP contribution in [0.4, 0.5) is 0 Å². The first kappa shape index (κ1) is 13.3. The van der Waals surface area contributed by atoms with Gasteiger partial charge in [-0.15, -0.1) is 0 Å². The lowest BCUT2D eigenvalue weighted by atomic mass is 10.0.